The van der Waals surface area contributed by atoms with Crippen molar-refractivity contribution in [3.05, 3.63) is 0 Å². The van der Waals surface area contributed by atoms with Gasteiger partial charge in [-0.25, -0.2) is 0 Å². The fourth-order valence-electron chi connectivity index (χ4n) is 1.83. The summed E-state index contributed by atoms with van der Waals surface area (Å²) in [4.78, 5) is 0. The maximum Gasteiger partial charge on any atom is 0.0469 e. The van der Waals surface area contributed by atoms with Gasteiger partial charge in [-0.3, -0.25) is 0 Å². The Bertz CT molecular complexity index is 153. The van der Waals surface area contributed by atoms with Crippen LogP contribution in [-0.2, 0) is 4.74 Å². The van der Waals surface area contributed by atoms with Gasteiger partial charge in [0.05, 0.1) is 0 Å². The van der Waals surface area contributed by atoms with Crippen molar-refractivity contribution >= 4 is 0 Å². The molecule has 1 aliphatic heterocycles. The molecule has 78 valence electrons. The molecule has 0 spiro atoms. The third kappa shape index (κ3) is 2.66. The van der Waals surface area contributed by atoms with Crippen molar-refractivity contribution < 1.29 is 4.74 Å². The topological polar surface area (TPSA) is 47.3 Å². The molecule has 13 heavy (non-hydrogen) atoms. The zero-order valence-corrected chi connectivity index (χ0v) is 8.97. The largest absolute Gasteiger partial charge is 0.381 e. The minimum atomic E-state index is 0.0298. The Labute approximate surface area is 81.0 Å². The Morgan fingerprint density at radius 2 is 1.92 bits per heavy atom. The molecule has 0 radical (unpaired) electrons. The summed E-state index contributed by atoms with van der Waals surface area (Å²) in [5, 5.41) is 3.27. The molecule has 0 saturated carbocycles. The molecule has 0 aromatic heterocycles. The van der Waals surface area contributed by atoms with Crippen LogP contribution < -0.4 is 11.1 Å². The number of nitrogens with one attached hydrogen (secondary N) is 1. The summed E-state index contributed by atoms with van der Waals surface area (Å²) in [5.41, 5.74) is 6.25. The molecule has 3 heteroatoms. The van der Waals surface area contributed by atoms with Gasteiger partial charge in [0.15, 0.2) is 0 Å². The molecule has 1 atom stereocenters. The molecule has 1 aliphatic rings. The van der Waals surface area contributed by atoms with Crippen LogP contribution in [-0.4, -0.2) is 31.8 Å². The van der Waals surface area contributed by atoms with Crippen LogP contribution in [0.3, 0.4) is 0 Å². The van der Waals surface area contributed by atoms with E-state index in [4.69, 9.17) is 10.5 Å². The predicted octanol–water partition coefficient (Wildman–Crippen LogP) is 0.738. The van der Waals surface area contributed by atoms with Crippen molar-refractivity contribution in [1.82, 2.24) is 5.32 Å². The molecule has 1 rings (SSSR count). The Morgan fingerprint density at radius 3 is 2.38 bits per heavy atom. The Kier molecular flexibility index (Phi) is 3.71. The van der Waals surface area contributed by atoms with Crippen LogP contribution in [0, 0.1) is 5.92 Å². The highest BCUT2D eigenvalue weighted by molar-refractivity contribution is 4.92. The van der Waals surface area contributed by atoms with Crippen LogP contribution in [0.25, 0.3) is 0 Å². The molecular weight excluding hydrogens is 164 g/mol. The number of likely N-dealkylation sites (N-methyl/N-ethyl adjacent to an activating group) is 1. The smallest absolute Gasteiger partial charge is 0.0469 e. The van der Waals surface area contributed by atoms with E-state index in [2.05, 4.69) is 19.2 Å². The summed E-state index contributed by atoms with van der Waals surface area (Å²) in [5.74, 6) is 0.608. The molecule has 0 aromatic carbocycles. The van der Waals surface area contributed by atoms with Gasteiger partial charge in [0.1, 0.15) is 0 Å². The molecule has 3 nitrogen and oxygen atoms in total. The van der Waals surface area contributed by atoms with E-state index in [9.17, 15) is 0 Å². The van der Waals surface area contributed by atoms with Crippen LogP contribution >= 0.6 is 0 Å². The summed E-state index contributed by atoms with van der Waals surface area (Å²) < 4.78 is 5.32. The predicted molar refractivity (Wildman–Crippen MR) is 54.7 cm³/mol. The third-order valence-electron chi connectivity index (χ3n) is 3.25. The normalized spacial score (nSPS) is 23.1. The van der Waals surface area contributed by atoms with Gasteiger partial charge >= 0.3 is 0 Å². The average Bonchev–Trinajstić information content (AvgIpc) is 2.18. The Morgan fingerprint density at radius 1 is 1.38 bits per heavy atom. The van der Waals surface area contributed by atoms with Crippen LogP contribution in [0.2, 0.25) is 0 Å². The average molecular weight is 186 g/mol. The number of hydrogen-bond donors (Lipinski definition) is 2. The van der Waals surface area contributed by atoms with Gasteiger partial charge in [0.25, 0.3) is 0 Å². The Hall–Kier alpha value is -0.120. The number of nitrogens with two attached hydrogens (primary N) is 1. The molecule has 1 heterocycles. The van der Waals surface area contributed by atoms with Crippen molar-refractivity contribution in [1.29, 1.82) is 0 Å². The molecule has 0 aromatic rings. The molecule has 1 saturated heterocycles. The van der Waals surface area contributed by atoms with E-state index >= 15 is 0 Å². The molecule has 0 amide bonds. The van der Waals surface area contributed by atoms with E-state index < -0.39 is 0 Å². The zero-order chi connectivity index (χ0) is 9.90. The second-order valence-electron chi connectivity index (χ2n) is 4.45. The molecular formula is C10H22N2O. The van der Waals surface area contributed by atoms with Gasteiger partial charge in [-0.05, 0) is 39.7 Å². The van der Waals surface area contributed by atoms with E-state index in [1.165, 1.54) is 0 Å². The highest BCUT2D eigenvalue weighted by atomic mass is 16.5. The lowest BCUT2D eigenvalue weighted by atomic mass is 9.81. The number of rotatable bonds is 3. The molecule has 1 fully saturated rings. The monoisotopic (exact) mass is 186 g/mol. The quantitative estimate of drug-likeness (QED) is 0.683. The van der Waals surface area contributed by atoms with Gasteiger partial charge < -0.3 is 15.8 Å². The summed E-state index contributed by atoms with van der Waals surface area (Å²) in [6.07, 6.45) is 2.21. The molecule has 1 unspecified atom stereocenters. The van der Waals surface area contributed by atoms with Crippen LogP contribution in [0.1, 0.15) is 26.7 Å². The van der Waals surface area contributed by atoms with E-state index in [-0.39, 0.29) is 11.6 Å². The van der Waals surface area contributed by atoms with Gasteiger partial charge in [0, 0.05) is 24.8 Å². The van der Waals surface area contributed by atoms with E-state index in [1.54, 1.807) is 0 Å². The number of ether oxygens (including phenoxy) is 1. The number of hydrogen-bond acceptors (Lipinski definition) is 3. The minimum absolute atomic E-state index is 0.0298. The first-order valence-corrected chi connectivity index (χ1v) is 5.10. The first kappa shape index (κ1) is 11.0. The zero-order valence-electron chi connectivity index (χ0n) is 8.97. The summed E-state index contributed by atoms with van der Waals surface area (Å²) in [7, 11) is 1.97. The highest BCUT2D eigenvalue weighted by Crippen LogP contribution is 2.23. The lowest BCUT2D eigenvalue weighted by Crippen LogP contribution is -2.56. The first-order valence-electron chi connectivity index (χ1n) is 5.10. The van der Waals surface area contributed by atoms with Crippen molar-refractivity contribution in [2.45, 2.75) is 38.3 Å². The van der Waals surface area contributed by atoms with Gasteiger partial charge in [0.2, 0.25) is 0 Å². The molecule has 3 N–H and O–H groups in total. The SMILES string of the molecule is CNC(C)(C)C(N)C1CCOCC1. The fraction of sp³-hybridized carbons (Fsp3) is 1.00. The lowest BCUT2D eigenvalue weighted by molar-refractivity contribution is 0.0478. The van der Waals surface area contributed by atoms with Crippen molar-refractivity contribution in [3.8, 4) is 0 Å². The minimum Gasteiger partial charge on any atom is -0.381 e. The summed E-state index contributed by atoms with van der Waals surface area (Å²) >= 11 is 0. The second-order valence-corrected chi connectivity index (χ2v) is 4.45. The third-order valence-corrected chi connectivity index (χ3v) is 3.25. The van der Waals surface area contributed by atoms with Crippen LogP contribution in [0.15, 0.2) is 0 Å². The van der Waals surface area contributed by atoms with E-state index in [0.717, 1.165) is 26.1 Å². The van der Waals surface area contributed by atoms with Crippen molar-refractivity contribution in [2.75, 3.05) is 20.3 Å². The van der Waals surface area contributed by atoms with Crippen LogP contribution in [0.5, 0.6) is 0 Å². The van der Waals surface area contributed by atoms with E-state index in [0.29, 0.717) is 5.92 Å². The summed E-state index contributed by atoms with van der Waals surface area (Å²) in [6, 6.07) is 0.224. The first-order chi connectivity index (χ1) is 6.08. The lowest BCUT2D eigenvalue weighted by Gasteiger charge is -2.38. The maximum atomic E-state index is 6.22. The summed E-state index contributed by atoms with van der Waals surface area (Å²) in [6.45, 7) is 6.07. The molecule has 0 bridgehead atoms. The van der Waals surface area contributed by atoms with Crippen LogP contribution in [0.4, 0.5) is 0 Å². The Balaban J connectivity index is 2.49. The maximum absolute atomic E-state index is 6.22. The van der Waals surface area contributed by atoms with E-state index in [1.807, 2.05) is 7.05 Å². The standard InChI is InChI=1S/C10H22N2O/c1-10(2,12-3)9(11)8-4-6-13-7-5-8/h8-9,12H,4-7,11H2,1-3H3. The highest BCUT2D eigenvalue weighted by Gasteiger charge is 2.32. The van der Waals surface area contributed by atoms with Crippen molar-refractivity contribution in [3.63, 3.8) is 0 Å². The second kappa shape index (κ2) is 4.40. The molecule has 0 aliphatic carbocycles. The van der Waals surface area contributed by atoms with Gasteiger partial charge in [-0.15, -0.1) is 0 Å². The van der Waals surface area contributed by atoms with Gasteiger partial charge in [-0.1, -0.05) is 0 Å². The van der Waals surface area contributed by atoms with Gasteiger partial charge in [-0.2, -0.15) is 0 Å². The fourth-order valence-corrected chi connectivity index (χ4v) is 1.83. The van der Waals surface area contributed by atoms with Crippen molar-refractivity contribution in [2.24, 2.45) is 11.7 Å².